The summed E-state index contributed by atoms with van der Waals surface area (Å²) < 4.78 is 6.32. The molecule has 0 aromatic carbocycles. The maximum atomic E-state index is 6.32. The third-order valence-corrected chi connectivity index (χ3v) is 3.63. The molecule has 0 saturated heterocycles. The Morgan fingerprint density at radius 3 is 2.50 bits per heavy atom. The van der Waals surface area contributed by atoms with E-state index in [2.05, 4.69) is 33.0 Å². The standard InChI is InChI=1S/C14H29NO/c1-5-12-9-7-8-10-13(12)16-14(3,4)11-15-6-2/h12-13,15H,5-11H2,1-4H3. The number of hydrogen-bond donors (Lipinski definition) is 1. The Morgan fingerprint density at radius 2 is 1.88 bits per heavy atom. The number of nitrogens with one attached hydrogen (secondary N) is 1. The van der Waals surface area contributed by atoms with Gasteiger partial charge in [-0.15, -0.1) is 0 Å². The van der Waals surface area contributed by atoms with Crippen LogP contribution in [0.1, 0.15) is 59.8 Å². The molecular weight excluding hydrogens is 198 g/mol. The van der Waals surface area contributed by atoms with Gasteiger partial charge in [0.05, 0.1) is 11.7 Å². The van der Waals surface area contributed by atoms with Crippen molar-refractivity contribution in [2.24, 2.45) is 5.92 Å². The minimum absolute atomic E-state index is 0.0224. The van der Waals surface area contributed by atoms with E-state index < -0.39 is 0 Å². The lowest BCUT2D eigenvalue weighted by Gasteiger charge is -2.37. The first-order valence-electron chi connectivity index (χ1n) is 6.97. The van der Waals surface area contributed by atoms with E-state index in [1.807, 2.05) is 0 Å². The van der Waals surface area contributed by atoms with Crippen LogP contribution in [0.3, 0.4) is 0 Å². The third kappa shape index (κ3) is 4.42. The molecular formula is C14H29NO. The molecule has 0 spiro atoms. The van der Waals surface area contributed by atoms with Gasteiger partial charge in [-0.1, -0.05) is 33.1 Å². The smallest absolute Gasteiger partial charge is 0.0754 e. The molecule has 1 aliphatic rings. The molecule has 0 heterocycles. The van der Waals surface area contributed by atoms with Gasteiger partial charge in [-0.05, 0) is 39.2 Å². The molecule has 1 fully saturated rings. The fourth-order valence-corrected chi connectivity index (χ4v) is 2.67. The Bertz CT molecular complexity index is 191. The summed E-state index contributed by atoms with van der Waals surface area (Å²) in [5.74, 6) is 0.787. The van der Waals surface area contributed by atoms with E-state index in [0.29, 0.717) is 6.10 Å². The fourth-order valence-electron chi connectivity index (χ4n) is 2.67. The second-order valence-electron chi connectivity index (χ2n) is 5.65. The van der Waals surface area contributed by atoms with E-state index in [-0.39, 0.29) is 5.60 Å². The maximum absolute atomic E-state index is 6.32. The molecule has 2 nitrogen and oxygen atoms in total. The van der Waals surface area contributed by atoms with Crippen molar-refractivity contribution in [3.05, 3.63) is 0 Å². The predicted octanol–water partition coefficient (Wildman–Crippen LogP) is 3.36. The van der Waals surface area contributed by atoms with Crippen molar-refractivity contribution in [1.82, 2.24) is 5.32 Å². The van der Waals surface area contributed by atoms with Crippen LogP contribution in [0, 0.1) is 5.92 Å². The average molecular weight is 227 g/mol. The van der Waals surface area contributed by atoms with E-state index in [4.69, 9.17) is 4.74 Å². The summed E-state index contributed by atoms with van der Waals surface area (Å²) in [6, 6.07) is 0. The van der Waals surface area contributed by atoms with Crippen LogP contribution in [-0.2, 0) is 4.74 Å². The predicted molar refractivity (Wildman–Crippen MR) is 69.7 cm³/mol. The summed E-state index contributed by atoms with van der Waals surface area (Å²) in [4.78, 5) is 0. The second-order valence-corrected chi connectivity index (χ2v) is 5.65. The topological polar surface area (TPSA) is 21.3 Å². The summed E-state index contributed by atoms with van der Waals surface area (Å²) in [6.45, 7) is 10.8. The summed E-state index contributed by atoms with van der Waals surface area (Å²) in [6.07, 6.45) is 7.12. The largest absolute Gasteiger partial charge is 0.371 e. The molecule has 0 aromatic heterocycles. The highest BCUT2D eigenvalue weighted by atomic mass is 16.5. The zero-order valence-electron chi connectivity index (χ0n) is 11.5. The number of ether oxygens (including phenoxy) is 1. The summed E-state index contributed by atoms with van der Waals surface area (Å²) in [5.41, 5.74) is -0.0224. The molecule has 1 N–H and O–H groups in total. The van der Waals surface area contributed by atoms with Crippen molar-refractivity contribution in [2.75, 3.05) is 13.1 Å². The zero-order chi connectivity index (χ0) is 12.0. The lowest BCUT2D eigenvalue weighted by molar-refractivity contribution is -0.106. The van der Waals surface area contributed by atoms with Crippen LogP contribution in [0.4, 0.5) is 0 Å². The van der Waals surface area contributed by atoms with Crippen LogP contribution in [0.25, 0.3) is 0 Å². The lowest BCUT2D eigenvalue weighted by atomic mass is 9.84. The maximum Gasteiger partial charge on any atom is 0.0754 e. The Hall–Kier alpha value is -0.0800. The van der Waals surface area contributed by atoms with Crippen LogP contribution < -0.4 is 5.32 Å². The summed E-state index contributed by atoms with van der Waals surface area (Å²) in [5, 5.41) is 3.39. The monoisotopic (exact) mass is 227 g/mol. The molecule has 16 heavy (non-hydrogen) atoms. The second kappa shape index (κ2) is 6.61. The SMILES string of the molecule is CCNCC(C)(C)OC1CCCCC1CC. The quantitative estimate of drug-likeness (QED) is 0.751. The van der Waals surface area contributed by atoms with E-state index in [9.17, 15) is 0 Å². The van der Waals surface area contributed by atoms with Crippen molar-refractivity contribution in [2.45, 2.75) is 71.5 Å². The van der Waals surface area contributed by atoms with Crippen molar-refractivity contribution in [3.8, 4) is 0 Å². The van der Waals surface area contributed by atoms with E-state index in [0.717, 1.165) is 19.0 Å². The fraction of sp³-hybridized carbons (Fsp3) is 1.00. The van der Waals surface area contributed by atoms with Crippen molar-refractivity contribution in [3.63, 3.8) is 0 Å². The molecule has 0 bridgehead atoms. The van der Waals surface area contributed by atoms with Crippen molar-refractivity contribution in [1.29, 1.82) is 0 Å². The van der Waals surface area contributed by atoms with Gasteiger partial charge in [0.25, 0.3) is 0 Å². The highest BCUT2D eigenvalue weighted by Gasteiger charge is 2.30. The first-order chi connectivity index (χ1) is 7.59. The summed E-state index contributed by atoms with van der Waals surface area (Å²) >= 11 is 0. The van der Waals surface area contributed by atoms with Crippen LogP contribution in [0.5, 0.6) is 0 Å². The normalized spacial score (nSPS) is 27.0. The van der Waals surface area contributed by atoms with E-state index in [1.165, 1.54) is 32.1 Å². The number of hydrogen-bond acceptors (Lipinski definition) is 2. The highest BCUT2D eigenvalue weighted by Crippen LogP contribution is 2.31. The number of likely N-dealkylation sites (N-methyl/N-ethyl adjacent to an activating group) is 1. The molecule has 2 heteroatoms. The van der Waals surface area contributed by atoms with Crippen LogP contribution >= 0.6 is 0 Å². The summed E-state index contributed by atoms with van der Waals surface area (Å²) in [7, 11) is 0. The van der Waals surface area contributed by atoms with Gasteiger partial charge in [0.2, 0.25) is 0 Å². The van der Waals surface area contributed by atoms with Gasteiger partial charge in [-0.25, -0.2) is 0 Å². The first-order valence-corrected chi connectivity index (χ1v) is 6.97. The Morgan fingerprint density at radius 1 is 1.19 bits per heavy atom. The van der Waals surface area contributed by atoms with Gasteiger partial charge in [0, 0.05) is 6.54 Å². The minimum atomic E-state index is -0.0224. The lowest BCUT2D eigenvalue weighted by Crippen LogP contribution is -2.43. The van der Waals surface area contributed by atoms with E-state index >= 15 is 0 Å². The molecule has 1 saturated carbocycles. The Labute approximate surface area is 101 Å². The van der Waals surface area contributed by atoms with Gasteiger partial charge < -0.3 is 10.1 Å². The van der Waals surface area contributed by atoms with Crippen LogP contribution in [0.15, 0.2) is 0 Å². The van der Waals surface area contributed by atoms with Gasteiger partial charge >= 0.3 is 0 Å². The Kier molecular flexibility index (Phi) is 5.77. The van der Waals surface area contributed by atoms with Crippen LogP contribution in [-0.4, -0.2) is 24.8 Å². The minimum Gasteiger partial charge on any atom is -0.371 e. The third-order valence-electron chi connectivity index (χ3n) is 3.63. The Balaban J connectivity index is 2.43. The van der Waals surface area contributed by atoms with Crippen LogP contribution in [0.2, 0.25) is 0 Å². The average Bonchev–Trinajstić information content (AvgIpc) is 2.27. The van der Waals surface area contributed by atoms with Gasteiger partial charge in [-0.2, -0.15) is 0 Å². The highest BCUT2D eigenvalue weighted by molar-refractivity contribution is 4.80. The molecule has 2 unspecified atom stereocenters. The molecule has 0 aromatic rings. The molecule has 0 aliphatic heterocycles. The van der Waals surface area contributed by atoms with Gasteiger partial charge in [0.1, 0.15) is 0 Å². The van der Waals surface area contributed by atoms with Crippen molar-refractivity contribution >= 4 is 0 Å². The zero-order valence-corrected chi connectivity index (χ0v) is 11.5. The molecule has 0 amide bonds. The van der Waals surface area contributed by atoms with Gasteiger partial charge in [0.15, 0.2) is 0 Å². The first kappa shape index (κ1) is 14.0. The molecule has 2 atom stereocenters. The van der Waals surface area contributed by atoms with E-state index in [1.54, 1.807) is 0 Å². The molecule has 1 rings (SSSR count). The molecule has 1 aliphatic carbocycles. The van der Waals surface area contributed by atoms with Gasteiger partial charge in [-0.3, -0.25) is 0 Å². The number of rotatable bonds is 6. The molecule has 0 radical (unpaired) electrons. The molecule has 96 valence electrons. The van der Waals surface area contributed by atoms with Crippen molar-refractivity contribution < 1.29 is 4.74 Å².